The summed E-state index contributed by atoms with van der Waals surface area (Å²) in [5.41, 5.74) is 0. The number of carbonyl (C=O) groups excluding carboxylic acids is 1. The van der Waals surface area contributed by atoms with Crippen LogP contribution in [0.2, 0.25) is 0 Å². The van der Waals surface area contributed by atoms with Crippen LogP contribution < -0.4 is 0 Å². The summed E-state index contributed by atoms with van der Waals surface area (Å²) in [6.07, 6.45) is -2.51. The Bertz CT molecular complexity index is 244. The number of carbonyl (C=O) groups is 1. The van der Waals surface area contributed by atoms with Gasteiger partial charge in [-0.15, -0.1) is 0 Å². The number of rotatable bonds is 7. The zero-order valence-electron chi connectivity index (χ0n) is 10.4. The molecule has 0 saturated carbocycles. The summed E-state index contributed by atoms with van der Waals surface area (Å²) in [5.74, 6) is -5.13. The first-order valence-corrected chi connectivity index (χ1v) is 5.67. The van der Waals surface area contributed by atoms with Gasteiger partial charge < -0.3 is 4.90 Å². The Labute approximate surface area is 99.0 Å². The normalized spacial score (nSPS) is 12.3. The van der Waals surface area contributed by atoms with Gasteiger partial charge in [-0.25, -0.2) is 8.78 Å². The van der Waals surface area contributed by atoms with E-state index in [1.54, 1.807) is 13.8 Å². The van der Waals surface area contributed by atoms with Crippen LogP contribution in [-0.4, -0.2) is 36.2 Å². The largest absolute Gasteiger partial charge is 0.336 e. The van der Waals surface area contributed by atoms with Crippen LogP contribution in [0, 0.1) is 5.92 Å². The van der Waals surface area contributed by atoms with Crippen molar-refractivity contribution in [1.29, 1.82) is 0 Å². The number of unbranched alkanes of at least 4 members (excludes halogenated alkanes) is 1. The SMILES string of the molecule is CCCCN(CC(F)(F)C(F)F)C(=O)C(C)C. The highest BCUT2D eigenvalue weighted by molar-refractivity contribution is 5.78. The van der Waals surface area contributed by atoms with Gasteiger partial charge in [-0.2, -0.15) is 8.78 Å². The van der Waals surface area contributed by atoms with Crippen molar-refractivity contribution in [2.75, 3.05) is 13.1 Å². The average molecular weight is 257 g/mol. The summed E-state index contributed by atoms with van der Waals surface area (Å²) in [6.45, 7) is 3.84. The Kier molecular flexibility index (Phi) is 6.49. The fraction of sp³-hybridized carbons (Fsp3) is 0.909. The number of amides is 1. The van der Waals surface area contributed by atoms with Gasteiger partial charge in [0.2, 0.25) is 5.91 Å². The summed E-state index contributed by atoms with van der Waals surface area (Å²) in [4.78, 5) is 12.4. The first-order chi connectivity index (χ1) is 7.72. The molecular weight excluding hydrogens is 238 g/mol. The van der Waals surface area contributed by atoms with Crippen molar-refractivity contribution in [2.24, 2.45) is 5.92 Å². The van der Waals surface area contributed by atoms with E-state index in [4.69, 9.17) is 0 Å². The van der Waals surface area contributed by atoms with E-state index in [1.807, 2.05) is 6.92 Å². The molecule has 0 aromatic rings. The van der Waals surface area contributed by atoms with Crippen LogP contribution in [0.3, 0.4) is 0 Å². The Morgan fingerprint density at radius 1 is 1.29 bits per heavy atom. The lowest BCUT2D eigenvalue weighted by Gasteiger charge is -2.28. The number of alkyl halides is 4. The van der Waals surface area contributed by atoms with Crippen LogP contribution in [0.15, 0.2) is 0 Å². The fourth-order valence-corrected chi connectivity index (χ4v) is 1.30. The predicted molar refractivity (Wildman–Crippen MR) is 57.3 cm³/mol. The van der Waals surface area contributed by atoms with Crippen molar-refractivity contribution in [2.45, 2.75) is 46.0 Å². The second-order valence-corrected chi connectivity index (χ2v) is 4.33. The monoisotopic (exact) mass is 257 g/mol. The molecule has 0 rings (SSSR count). The molecule has 0 radical (unpaired) electrons. The smallest absolute Gasteiger partial charge is 0.324 e. The Balaban J connectivity index is 4.64. The molecule has 0 aromatic heterocycles. The minimum absolute atomic E-state index is 0.0931. The van der Waals surface area contributed by atoms with Crippen molar-refractivity contribution >= 4 is 5.91 Å². The molecule has 0 saturated heterocycles. The molecule has 1 amide bonds. The Morgan fingerprint density at radius 3 is 2.18 bits per heavy atom. The summed E-state index contributed by atoms with van der Waals surface area (Å²) in [7, 11) is 0. The van der Waals surface area contributed by atoms with Crippen molar-refractivity contribution in [3.8, 4) is 0 Å². The maximum absolute atomic E-state index is 12.9. The molecule has 0 aromatic carbocycles. The quantitative estimate of drug-likeness (QED) is 0.641. The summed E-state index contributed by atoms with van der Waals surface area (Å²) in [5, 5.41) is 0. The van der Waals surface area contributed by atoms with Crippen LogP contribution in [-0.2, 0) is 4.79 Å². The topological polar surface area (TPSA) is 20.3 Å². The molecular formula is C11H19F4NO. The molecule has 0 atom stereocenters. The van der Waals surface area contributed by atoms with E-state index in [-0.39, 0.29) is 6.54 Å². The molecule has 6 heteroatoms. The van der Waals surface area contributed by atoms with Gasteiger partial charge in [0.25, 0.3) is 0 Å². The molecule has 0 N–H and O–H groups in total. The lowest BCUT2D eigenvalue weighted by Crippen LogP contribution is -2.46. The molecule has 0 unspecified atom stereocenters. The van der Waals surface area contributed by atoms with Crippen LogP contribution >= 0.6 is 0 Å². The van der Waals surface area contributed by atoms with E-state index in [0.29, 0.717) is 12.8 Å². The summed E-state index contributed by atoms with van der Waals surface area (Å²) in [6, 6.07) is 0. The Hall–Kier alpha value is -0.810. The minimum atomic E-state index is -4.14. The third-order valence-electron chi connectivity index (χ3n) is 2.31. The van der Waals surface area contributed by atoms with Gasteiger partial charge in [0.05, 0.1) is 6.54 Å². The third kappa shape index (κ3) is 5.37. The molecule has 2 nitrogen and oxygen atoms in total. The lowest BCUT2D eigenvalue weighted by atomic mass is 10.1. The van der Waals surface area contributed by atoms with Crippen LogP contribution in [0.4, 0.5) is 17.6 Å². The number of nitrogens with zero attached hydrogens (tertiary/aromatic N) is 1. The van der Waals surface area contributed by atoms with Crippen molar-refractivity contribution in [1.82, 2.24) is 4.90 Å². The zero-order chi connectivity index (χ0) is 13.6. The van der Waals surface area contributed by atoms with E-state index in [9.17, 15) is 22.4 Å². The molecule has 0 fully saturated rings. The molecule has 0 aliphatic carbocycles. The first-order valence-electron chi connectivity index (χ1n) is 5.67. The third-order valence-corrected chi connectivity index (χ3v) is 2.31. The summed E-state index contributed by atoms with van der Waals surface area (Å²) >= 11 is 0. The van der Waals surface area contributed by atoms with E-state index in [2.05, 4.69) is 0 Å². The van der Waals surface area contributed by atoms with Crippen LogP contribution in [0.1, 0.15) is 33.6 Å². The lowest BCUT2D eigenvalue weighted by molar-refractivity contribution is -0.159. The fourth-order valence-electron chi connectivity index (χ4n) is 1.30. The standard InChI is InChI=1S/C11H19F4NO/c1-4-5-6-16(9(17)8(2)3)7-11(14,15)10(12)13/h8,10H,4-7H2,1-3H3. The maximum atomic E-state index is 12.9. The van der Waals surface area contributed by atoms with E-state index >= 15 is 0 Å². The van der Waals surface area contributed by atoms with Crippen molar-refractivity contribution in [3.05, 3.63) is 0 Å². The number of halogens is 4. The predicted octanol–water partition coefficient (Wildman–Crippen LogP) is 3.17. The van der Waals surface area contributed by atoms with Crippen molar-refractivity contribution in [3.63, 3.8) is 0 Å². The molecule has 0 aliphatic rings. The van der Waals surface area contributed by atoms with Gasteiger partial charge in [-0.1, -0.05) is 27.2 Å². The zero-order valence-corrected chi connectivity index (χ0v) is 10.4. The molecule has 0 spiro atoms. The average Bonchev–Trinajstić information content (AvgIpc) is 2.22. The van der Waals surface area contributed by atoms with Crippen molar-refractivity contribution < 1.29 is 22.4 Å². The van der Waals surface area contributed by atoms with Gasteiger partial charge >= 0.3 is 12.3 Å². The highest BCUT2D eigenvalue weighted by Gasteiger charge is 2.43. The van der Waals surface area contributed by atoms with Crippen LogP contribution in [0.25, 0.3) is 0 Å². The van der Waals surface area contributed by atoms with E-state index in [1.165, 1.54) is 0 Å². The molecule has 0 bridgehead atoms. The maximum Gasteiger partial charge on any atom is 0.324 e. The first kappa shape index (κ1) is 16.2. The highest BCUT2D eigenvalue weighted by Crippen LogP contribution is 2.24. The van der Waals surface area contributed by atoms with Gasteiger partial charge in [0.15, 0.2) is 0 Å². The second-order valence-electron chi connectivity index (χ2n) is 4.33. The van der Waals surface area contributed by atoms with E-state index < -0.39 is 30.7 Å². The van der Waals surface area contributed by atoms with Gasteiger partial charge in [-0.3, -0.25) is 4.79 Å². The molecule has 0 heterocycles. The van der Waals surface area contributed by atoms with Crippen LogP contribution in [0.5, 0.6) is 0 Å². The van der Waals surface area contributed by atoms with E-state index in [0.717, 1.165) is 4.90 Å². The van der Waals surface area contributed by atoms with Gasteiger partial charge in [0.1, 0.15) is 0 Å². The second kappa shape index (κ2) is 6.81. The molecule has 0 aliphatic heterocycles. The number of hydrogen-bond donors (Lipinski definition) is 0. The minimum Gasteiger partial charge on any atom is -0.336 e. The molecule has 102 valence electrons. The summed E-state index contributed by atoms with van der Waals surface area (Å²) < 4.78 is 50.0. The highest BCUT2D eigenvalue weighted by atomic mass is 19.3. The molecule has 17 heavy (non-hydrogen) atoms. The number of hydrogen-bond acceptors (Lipinski definition) is 1. The van der Waals surface area contributed by atoms with Gasteiger partial charge in [0, 0.05) is 12.5 Å². The Morgan fingerprint density at radius 2 is 1.82 bits per heavy atom. The van der Waals surface area contributed by atoms with Gasteiger partial charge in [-0.05, 0) is 6.42 Å².